The molecule has 3 rings (SSSR count). The lowest BCUT2D eigenvalue weighted by Gasteiger charge is -2.13. The minimum Gasteiger partial charge on any atom is -0.387 e. The molecule has 0 spiro atoms. The summed E-state index contributed by atoms with van der Waals surface area (Å²) in [5.41, 5.74) is 12.5. The van der Waals surface area contributed by atoms with Crippen LogP contribution in [0.3, 0.4) is 0 Å². The first-order chi connectivity index (χ1) is 14.1. The third-order valence-electron chi connectivity index (χ3n) is 4.01. The molecule has 2 aromatic heterocycles. The molecule has 1 aromatic carbocycles. The predicted octanol–water partition coefficient (Wildman–Crippen LogP) is 3.55. The minimum atomic E-state index is -4.40. The minimum absolute atomic E-state index is 0.0754. The van der Waals surface area contributed by atoms with Crippen LogP contribution in [0, 0.1) is 5.82 Å². The highest BCUT2D eigenvalue weighted by molar-refractivity contribution is 5.91. The van der Waals surface area contributed by atoms with Gasteiger partial charge in [-0.3, -0.25) is 4.79 Å². The number of anilines is 1. The largest absolute Gasteiger partial charge is 0.389 e. The van der Waals surface area contributed by atoms with Crippen molar-refractivity contribution < 1.29 is 17.6 Å². The van der Waals surface area contributed by atoms with Crippen molar-refractivity contribution in [3.05, 3.63) is 58.8 Å². The average molecular weight is 420 g/mol. The third kappa shape index (κ3) is 5.19. The Kier molecular flexibility index (Phi) is 5.81. The van der Waals surface area contributed by atoms with Crippen molar-refractivity contribution in [2.24, 2.45) is 10.7 Å². The van der Waals surface area contributed by atoms with Crippen molar-refractivity contribution in [3.63, 3.8) is 0 Å². The fourth-order valence-electron chi connectivity index (χ4n) is 2.66. The van der Waals surface area contributed by atoms with Crippen LogP contribution in [-0.2, 0) is 0 Å². The number of alkyl halides is 3. The molecule has 0 radical (unpaired) electrons. The summed E-state index contributed by atoms with van der Waals surface area (Å²) in [4.78, 5) is 26.2. The molecule has 0 aliphatic carbocycles. The number of nitrogens with one attached hydrogen (secondary N) is 1. The van der Waals surface area contributed by atoms with Crippen molar-refractivity contribution in [3.8, 4) is 22.4 Å². The number of hydrogen-bond donors (Lipinski definition) is 3. The molecule has 0 fully saturated rings. The van der Waals surface area contributed by atoms with Gasteiger partial charge >= 0.3 is 6.18 Å². The Hall–Kier alpha value is -3.76. The van der Waals surface area contributed by atoms with E-state index in [4.69, 9.17) is 11.5 Å². The van der Waals surface area contributed by atoms with Crippen LogP contribution in [0.1, 0.15) is 12.8 Å². The Balaban J connectivity index is 2.19. The van der Waals surface area contributed by atoms with E-state index >= 15 is 0 Å². The highest BCUT2D eigenvalue weighted by Crippen LogP contribution is 2.37. The zero-order valence-electron chi connectivity index (χ0n) is 15.4. The number of nitrogen functional groups attached to an aromatic ring is 1. The van der Waals surface area contributed by atoms with Crippen molar-refractivity contribution in [1.29, 1.82) is 0 Å². The number of aromatic amines is 1. The van der Waals surface area contributed by atoms with Crippen LogP contribution >= 0.6 is 0 Å². The number of H-pyrrole nitrogens is 1. The smallest absolute Gasteiger partial charge is 0.387 e. The molecule has 0 aliphatic heterocycles. The van der Waals surface area contributed by atoms with E-state index in [1.165, 1.54) is 42.6 Å². The molecular weight excluding hydrogens is 404 g/mol. The Bertz CT molecular complexity index is 1120. The Labute approximate surface area is 167 Å². The SMILES string of the molecule is NC(CCC(F)(F)F)=Nc1nc(N)nc(-c2ccc(F)cc2)c1-c1ccc(=O)[nH]c1. The van der Waals surface area contributed by atoms with Crippen LogP contribution in [0.25, 0.3) is 22.4 Å². The number of rotatable bonds is 5. The van der Waals surface area contributed by atoms with E-state index in [0.717, 1.165) is 0 Å². The summed E-state index contributed by atoms with van der Waals surface area (Å²) in [5.74, 6) is -1.06. The second kappa shape index (κ2) is 8.31. The second-order valence-electron chi connectivity index (χ2n) is 6.30. The third-order valence-corrected chi connectivity index (χ3v) is 4.01. The van der Waals surface area contributed by atoms with Gasteiger partial charge in [-0.05, 0) is 30.3 Å². The van der Waals surface area contributed by atoms with Crippen LogP contribution in [0.2, 0.25) is 0 Å². The predicted molar refractivity (Wildman–Crippen MR) is 104 cm³/mol. The number of nitrogens with two attached hydrogens (primary N) is 2. The molecule has 0 amide bonds. The summed E-state index contributed by atoms with van der Waals surface area (Å²) >= 11 is 0. The zero-order chi connectivity index (χ0) is 21.9. The van der Waals surface area contributed by atoms with E-state index in [9.17, 15) is 22.4 Å². The van der Waals surface area contributed by atoms with Gasteiger partial charge in [-0.2, -0.15) is 18.2 Å². The standard InChI is InChI=1S/C19H16F4N6O/c20-12-4-1-10(2-5-12)16-15(11-3-6-14(30)26-9-11)17(29-18(25)28-16)27-13(24)7-8-19(21,22)23/h1-6,9H,7-8H2,(H,26,30)(H4,24,25,27,28,29). The van der Waals surface area contributed by atoms with Gasteiger partial charge in [0, 0.05) is 29.8 Å². The van der Waals surface area contributed by atoms with Gasteiger partial charge in [0.15, 0.2) is 5.82 Å². The Morgan fingerprint density at radius 2 is 1.73 bits per heavy atom. The molecule has 156 valence electrons. The molecule has 5 N–H and O–H groups in total. The van der Waals surface area contributed by atoms with Crippen LogP contribution in [0.15, 0.2) is 52.4 Å². The summed E-state index contributed by atoms with van der Waals surface area (Å²) in [6, 6.07) is 8.04. The molecule has 0 unspecified atom stereocenters. The highest BCUT2D eigenvalue weighted by Gasteiger charge is 2.27. The van der Waals surface area contributed by atoms with Gasteiger partial charge in [0.05, 0.1) is 17.7 Å². The average Bonchev–Trinajstić information content (AvgIpc) is 2.67. The van der Waals surface area contributed by atoms with Crippen molar-refractivity contribution in [1.82, 2.24) is 15.0 Å². The molecular formula is C19H16F4N6O. The van der Waals surface area contributed by atoms with E-state index in [0.29, 0.717) is 11.1 Å². The topological polar surface area (TPSA) is 123 Å². The molecule has 0 aliphatic rings. The number of aromatic nitrogens is 3. The summed E-state index contributed by atoms with van der Waals surface area (Å²) < 4.78 is 50.8. The summed E-state index contributed by atoms with van der Waals surface area (Å²) in [6.45, 7) is 0. The van der Waals surface area contributed by atoms with Crippen LogP contribution < -0.4 is 17.0 Å². The monoisotopic (exact) mass is 420 g/mol. The van der Waals surface area contributed by atoms with Gasteiger partial charge in [-0.1, -0.05) is 0 Å². The molecule has 0 atom stereocenters. The van der Waals surface area contributed by atoms with Gasteiger partial charge in [-0.15, -0.1) is 0 Å². The lowest BCUT2D eigenvalue weighted by molar-refractivity contribution is -0.132. The summed E-state index contributed by atoms with van der Waals surface area (Å²) in [6.07, 6.45) is -4.72. The number of benzene rings is 1. The maximum atomic E-state index is 13.4. The molecule has 7 nitrogen and oxygen atoms in total. The Morgan fingerprint density at radius 1 is 1.07 bits per heavy atom. The van der Waals surface area contributed by atoms with E-state index in [2.05, 4.69) is 19.9 Å². The van der Waals surface area contributed by atoms with Gasteiger partial charge in [0.25, 0.3) is 0 Å². The fraction of sp³-hybridized carbons (Fsp3) is 0.158. The first-order valence-electron chi connectivity index (χ1n) is 8.65. The zero-order valence-corrected chi connectivity index (χ0v) is 15.4. The Morgan fingerprint density at radius 3 is 2.33 bits per heavy atom. The number of nitrogens with zero attached hydrogens (tertiary/aromatic N) is 3. The normalized spacial score (nSPS) is 12.2. The highest BCUT2D eigenvalue weighted by atomic mass is 19.4. The van der Waals surface area contributed by atoms with Crippen molar-refractivity contribution >= 4 is 17.6 Å². The van der Waals surface area contributed by atoms with Crippen molar-refractivity contribution in [2.75, 3.05) is 5.73 Å². The number of amidine groups is 1. The number of halogens is 4. The van der Waals surface area contributed by atoms with E-state index in [-0.39, 0.29) is 34.4 Å². The van der Waals surface area contributed by atoms with E-state index in [1.807, 2.05) is 0 Å². The first-order valence-corrected chi connectivity index (χ1v) is 8.65. The fourth-order valence-corrected chi connectivity index (χ4v) is 2.66. The van der Waals surface area contributed by atoms with Gasteiger partial charge in [0.2, 0.25) is 11.5 Å². The maximum Gasteiger partial charge on any atom is 0.389 e. The van der Waals surface area contributed by atoms with E-state index in [1.54, 1.807) is 0 Å². The van der Waals surface area contributed by atoms with Gasteiger partial charge in [0.1, 0.15) is 11.7 Å². The quantitative estimate of drug-likeness (QED) is 0.331. The number of aliphatic imine (C=N–C) groups is 1. The molecule has 0 saturated carbocycles. The molecule has 3 aromatic rings. The molecule has 0 saturated heterocycles. The molecule has 30 heavy (non-hydrogen) atoms. The first kappa shape index (κ1) is 21.0. The van der Waals surface area contributed by atoms with Crippen LogP contribution in [0.5, 0.6) is 0 Å². The van der Waals surface area contributed by atoms with Gasteiger partial charge < -0.3 is 16.5 Å². The van der Waals surface area contributed by atoms with Crippen molar-refractivity contribution in [2.45, 2.75) is 19.0 Å². The molecule has 0 bridgehead atoms. The number of pyridine rings is 1. The number of hydrogen-bond acceptors (Lipinski definition) is 5. The molecule has 11 heteroatoms. The van der Waals surface area contributed by atoms with Crippen LogP contribution in [0.4, 0.5) is 29.3 Å². The van der Waals surface area contributed by atoms with E-state index < -0.39 is 24.8 Å². The van der Waals surface area contributed by atoms with Crippen LogP contribution in [-0.4, -0.2) is 27.0 Å². The van der Waals surface area contributed by atoms with Gasteiger partial charge in [-0.25, -0.2) is 14.4 Å². The lowest BCUT2D eigenvalue weighted by atomic mass is 10.0. The maximum absolute atomic E-state index is 13.4. The second-order valence-corrected chi connectivity index (χ2v) is 6.30. The summed E-state index contributed by atoms with van der Waals surface area (Å²) in [5, 5.41) is 0. The summed E-state index contributed by atoms with van der Waals surface area (Å²) in [7, 11) is 0. The lowest BCUT2D eigenvalue weighted by Crippen LogP contribution is -2.17. The molecule has 2 heterocycles.